The highest BCUT2D eigenvalue weighted by atomic mass is 19.1. The zero-order valence-electron chi connectivity index (χ0n) is 7.48. The molecule has 0 spiro atoms. The molecule has 0 atom stereocenters. The molecule has 0 fully saturated rings. The Kier molecular flexibility index (Phi) is 2.01. The second-order valence-corrected chi connectivity index (χ2v) is 2.85. The van der Waals surface area contributed by atoms with Crippen LogP contribution in [-0.2, 0) is 0 Å². The summed E-state index contributed by atoms with van der Waals surface area (Å²) in [4.78, 5) is 38.6. The molecule has 2 rings (SSSR count). The third kappa shape index (κ3) is 1.43. The lowest BCUT2D eigenvalue weighted by Gasteiger charge is -1.97. The summed E-state index contributed by atoms with van der Waals surface area (Å²) < 4.78 is 12.9. The number of nitrogens with one attached hydrogen (secondary N) is 2. The molecule has 0 aliphatic rings. The van der Waals surface area contributed by atoms with Crippen LogP contribution in [0.15, 0.2) is 15.7 Å². The van der Waals surface area contributed by atoms with Gasteiger partial charge < -0.3 is 9.97 Å². The van der Waals surface area contributed by atoms with Crippen LogP contribution in [0.5, 0.6) is 0 Å². The van der Waals surface area contributed by atoms with Crippen molar-refractivity contribution in [3.63, 3.8) is 0 Å². The highest BCUT2D eigenvalue weighted by Crippen LogP contribution is 2.19. The molecule has 0 saturated carbocycles. The number of hydrogen-bond donors (Lipinski definition) is 2. The van der Waals surface area contributed by atoms with Gasteiger partial charge in [-0.3, -0.25) is 19.7 Å². The average Bonchev–Trinajstić information content (AvgIpc) is 2.19. The molecule has 2 aromatic heterocycles. The fourth-order valence-electron chi connectivity index (χ4n) is 1.19. The largest absolute Gasteiger partial charge is 0.315 e. The van der Waals surface area contributed by atoms with E-state index in [1.165, 1.54) is 0 Å². The van der Waals surface area contributed by atoms with Crippen molar-refractivity contribution in [3.8, 4) is 0 Å². The van der Waals surface area contributed by atoms with E-state index in [-0.39, 0.29) is 11.2 Å². The smallest absolute Gasteiger partial charge is 0.309 e. The van der Waals surface area contributed by atoms with Gasteiger partial charge in [0.05, 0.1) is 11.0 Å². The molecule has 0 amide bonds. The van der Waals surface area contributed by atoms with Gasteiger partial charge in [-0.05, 0) is 0 Å². The first-order valence-corrected chi connectivity index (χ1v) is 3.96. The normalized spacial score (nSPS) is 10.6. The van der Waals surface area contributed by atoms with Crippen molar-refractivity contribution in [2.24, 2.45) is 0 Å². The first-order valence-electron chi connectivity index (χ1n) is 3.96. The minimum atomic E-state index is -1.12. The van der Waals surface area contributed by atoms with E-state index < -0.39 is 27.7 Å². The molecule has 2 N–H and O–H groups in total. The van der Waals surface area contributed by atoms with E-state index in [9.17, 15) is 24.1 Å². The van der Waals surface area contributed by atoms with Crippen LogP contribution in [0.4, 0.5) is 10.1 Å². The minimum absolute atomic E-state index is 0.323. The Morgan fingerprint density at radius 2 is 1.94 bits per heavy atom. The Bertz CT molecular complexity index is 704. The fraction of sp³-hybridized carbons (Fsp3) is 0. The van der Waals surface area contributed by atoms with Crippen molar-refractivity contribution < 1.29 is 9.31 Å². The van der Waals surface area contributed by atoms with Gasteiger partial charge in [0.15, 0.2) is 11.2 Å². The highest BCUT2D eigenvalue weighted by Gasteiger charge is 2.17. The van der Waals surface area contributed by atoms with Gasteiger partial charge >= 0.3 is 16.8 Å². The summed E-state index contributed by atoms with van der Waals surface area (Å²) in [5.41, 5.74) is -3.49. The van der Waals surface area contributed by atoms with Crippen LogP contribution in [0.2, 0.25) is 0 Å². The number of aromatic nitrogens is 3. The van der Waals surface area contributed by atoms with Crippen LogP contribution in [0.25, 0.3) is 11.2 Å². The molecule has 82 valence electrons. The van der Waals surface area contributed by atoms with Crippen molar-refractivity contribution in [1.82, 2.24) is 15.0 Å². The lowest BCUT2D eigenvalue weighted by Crippen LogP contribution is -2.29. The first kappa shape index (κ1) is 9.96. The van der Waals surface area contributed by atoms with Gasteiger partial charge in [-0.2, -0.15) is 9.37 Å². The third-order valence-corrected chi connectivity index (χ3v) is 1.84. The van der Waals surface area contributed by atoms with Crippen LogP contribution in [0.3, 0.4) is 0 Å². The van der Waals surface area contributed by atoms with Gasteiger partial charge in [0.25, 0.3) is 0 Å². The van der Waals surface area contributed by atoms with Gasteiger partial charge in [-0.15, -0.1) is 0 Å². The van der Waals surface area contributed by atoms with Crippen LogP contribution in [0, 0.1) is 16.1 Å². The minimum Gasteiger partial charge on any atom is -0.309 e. The summed E-state index contributed by atoms with van der Waals surface area (Å²) >= 11 is 0. The summed E-state index contributed by atoms with van der Waals surface area (Å²) in [6.45, 7) is 0. The van der Waals surface area contributed by atoms with Crippen molar-refractivity contribution in [2.45, 2.75) is 0 Å². The average molecular weight is 226 g/mol. The topological polar surface area (TPSA) is 122 Å². The molecular formula is C7H3FN4O4. The molecular weight excluding hydrogens is 223 g/mol. The van der Waals surface area contributed by atoms with Crippen LogP contribution in [0.1, 0.15) is 0 Å². The molecule has 2 heterocycles. The summed E-state index contributed by atoms with van der Waals surface area (Å²) in [5, 5.41) is 10.6. The van der Waals surface area contributed by atoms with Crippen molar-refractivity contribution in [2.75, 3.05) is 0 Å². The molecule has 0 bridgehead atoms. The molecule has 0 unspecified atom stereocenters. The van der Waals surface area contributed by atoms with Crippen molar-refractivity contribution in [1.29, 1.82) is 0 Å². The Hall–Kier alpha value is -2.58. The molecule has 0 aliphatic carbocycles. The van der Waals surface area contributed by atoms with E-state index in [0.717, 1.165) is 0 Å². The zero-order valence-corrected chi connectivity index (χ0v) is 7.48. The van der Waals surface area contributed by atoms with Crippen LogP contribution >= 0.6 is 0 Å². The number of fused-ring (bicyclic) bond motifs is 1. The van der Waals surface area contributed by atoms with Gasteiger partial charge in [0.2, 0.25) is 5.95 Å². The van der Waals surface area contributed by atoms with Gasteiger partial charge in [-0.25, -0.2) is 0 Å². The molecule has 2 aromatic rings. The van der Waals surface area contributed by atoms with Gasteiger partial charge in [-0.1, -0.05) is 0 Å². The van der Waals surface area contributed by atoms with E-state index in [1.807, 2.05) is 9.97 Å². The van der Waals surface area contributed by atoms with Crippen molar-refractivity contribution in [3.05, 3.63) is 42.8 Å². The number of nitrogens with zero attached hydrogens (tertiary/aromatic N) is 2. The Labute approximate surface area is 84.9 Å². The predicted octanol–water partition coefficient (Wildman–Crippen LogP) is -0.341. The molecule has 0 aliphatic heterocycles. The molecule has 16 heavy (non-hydrogen) atoms. The third-order valence-electron chi connectivity index (χ3n) is 1.84. The number of H-pyrrole nitrogens is 2. The number of halogens is 1. The zero-order chi connectivity index (χ0) is 11.9. The Morgan fingerprint density at radius 1 is 1.31 bits per heavy atom. The quantitative estimate of drug-likeness (QED) is 0.298. The van der Waals surface area contributed by atoms with E-state index in [4.69, 9.17) is 0 Å². The molecule has 0 aromatic carbocycles. The lowest BCUT2D eigenvalue weighted by molar-refractivity contribution is -0.383. The lowest BCUT2D eigenvalue weighted by atomic mass is 10.3. The number of pyridine rings is 1. The fourth-order valence-corrected chi connectivity index (χ4v) is 1.19. The summed E-state index contributed by atoms with van der Waals surface area (Å²) in [6, 6.07) is 0.552. The molecule has 0 saturated heterocycles. The highest BCUT2D eigenvalue weighted by molar-refractivity contribution is 5.79. The summed E-state index contributed by atoms with van der Waals surface area (Å²) in [7, 11) is 0. The second kappa shape index (κ2) is 3.22. The SMILES string of the molecule is O=c1[nH]c2nc(F)cc([N+](=O)[O-])c2[nH]c1=O. The summed E-state index contributed by atoms with van der Waals surface area (Å²) in [6.07, 6.45) is 0. The second-order valence-electron chi connectivity index (χ2n) is 2.85. The van der Waals surface area contributed by atoms with E-state index in [2.05, 4.69) is 4.98 Å². The maximum atomic E-state index is 12.9. The van der Waals surface area contributed by atoms with Gasteiger partial charge in [0.1, 0.15) is 0 Å². The molecule has 9 heteroatoms. The van der Waals surface area contributed by atoms with E-state index in [1.54, 1.807) is 0 Å². The number of aromatic amines is 2. The van der Waals surface area contributed by atoms with E-state index >= 15 is 0 Å². The van der Waals surface area contributed by atoms with Crippen LogP contribution < -0.4 is 11.1 Å². The van der Waals surface area contributed by atoms with Crippen LogP contribution in [-0.4, -0.2) is 19.9 Å². The number of nitro groups is 1. The number of hydrogen-bond acceptors (Lipinski definition) is 5. The van der Waals surface area contributed by atoms with E-state index in [0.29, 0.717) is 6.07 Å². The number of rotatable bonds is 1. The maximum absolute atomic E-state index is 12.9. The summed E-state index contributed by atoms with van der Waals surface area (Å²) in [5.74, 6) is -1.12. The Balaban J connectivity index is 3.02. The predicted molar refractivity (Wildman–Crippen MR) is 49.6 cm³/mol. The van der Waals surface area contributed by atoms with Crippen molar-refractivity contribution >= 4 is 16.9 Å². The first-order chi connectivity index (χ1) is 7.49. The monoisotopic (exact) mass is 226 g/mol. The maximum Gasteiger partial charge on any atom is 0.315 e. The molecule has 8 nitrogen and oxygen atoms in total. The Morgan fingerprint density at radius 3 is 2.56 bits per heavy atom. The molecule has 0 radical (unpaired) electrons. The van der Waals surface area contributed by atoms with Gasteiger partial charge in [0, 0.05) is 0 Å². The standard InChI is InChI=1S/C7H3FN4O4/c8-3-1-2(12(15)16)4-5(9-3)11-7(14)6(13)10-4/h1H,(H,10,13)(H,9,11,14).